The molecule has 3 aromatic carbocycles. The predicted octanol–water partition coefficient (Wildman–Crippen LogP) is 5.29. The van der Waals surface area contributed by atoms with E-state index < -0.39 is 6.04 Å². The number of benzene rings is 3. The van der Waals surface area contributed by atoms with Crippen LogP contribution in [0.25, 0.3) is 16.6 Å². The predicted molar refractivity (Wildman–Crippen MR) is 147 cm³/mol. The molecule has 0 saturated carbocycles. The molecule has 1 aromatic heterocycles. The first-order chi connectivity index (χ1) is 17.8. The van der Waals surface area contributed by atoms with Gasteiger partial charge in [-0.3, -0.25) is 14.2 Å². The van der Waals surface area contributed by atoms with Gasteiger partial charge in [0.1, 0.15) is 17.4 Å². The minimum Gasteiger partial charge on any atom is -0.494 e. The van der Waals surface area contributed by atoms with Gasteiger partial charge in [-0.25, -0.2) is 9.37 Å². The number of halogens is 1. The second-order valence-electron chi connectivity index (χ2n) is 8.80. The number of thiol groups is 1. The molecule has 4 aromatic rings. The average Bonchev–Trinajstić information content (AvgIpc) is 2.90. The molecule has 0 aliphatic heterocycles. The Morgan fingerprint density at radius 3 is 2.54 bits per heavy atom. The van der Waals surface area contributed by atoms with E-state index in [0.29, 0.717) is 52.6 Å². The van der Waals surface area contributed by atoms with E-state index in [0.717, 1.165) is 5.56 Å². The average molecular weight is 520 g/mol. The van der Waals surface area contributed by atoms with Crippen molar-refractivity contribution in [1.82, 2.24) is 14.5 Å². The molecule has 0 N–H and O–H groups in total. The molecule has 0 bridgehead atoms. The van der Waals surface area contributed by atoms with Crippen LogP contribution in [0.3, 0.4) is 0 Å². The number of aryl methyl sites for hydroxylation is 1. The largest absolute Gasteiger partial charge is 0.494 e. The van der Waals surface area contributed by atoms with Crippen LogP contribution in [0, 0.1) is 12.7 Å². The molecule has 0 aliphatic carbocycles. The summed E-state index contributed by atoms with van der Waals surface area (Å²) < 4.78 is 20.9. The summed E-state index contributed by atoms with van der Waals surface area (Å²) in [4.78, 5) is 33.7. The van der Waals surface area contributed by atoms with Crippen molar-refractivity contribution in [1.29, 1.82) is 0 Å². The second kappa shape index (κ2) is 11.6. The van der Waals surface area contributed by atoms with E-state index in [9.17, 15) is 14.0 Å². The van der Waals surface area contributed by atoms with Crippen LogP contribution >= 0.6 is 12.6 Å². The quantitative estimate of drug-likeness (QED) is 0.305. The first kappa shape index (κ1) is 26.4. The van der Waals surface area contributed by atoms with Crippen LogP contribution in [0.1, 0.15) is 36.8 Å². The summed E-state index contributed by atoms with van der Waals surface area (Å²) in [6.45, 7) is 6.33. The number of hydrogen-bond acceptors (Lipinski definition) is 5. The number of para-hydroxylation sites is 1. The number of hydrogen-bond donors (Lipinski definition) is 1. The number of carbonyl (C=O) groups excluding carboxylic acids is 1. The minimum absolute atomic E-state index is 0.0973. The zero-order chi connectivity index (χ0) is 26.5. The van der Waals surface area contributed by atoms with Crippen LogP contribution in [-0.4, -0.2) is 39.3 Å². The fourth-order valence-electron chi connectivity index (χ4n) is 4.41. The smallest absolute Gasteiger partial charge is 0.266 e. The van der Waals surface area contributed by atoms with Gasteiger partial charge in [0, 0.05) is 12.3 Å². The van der Waals surface area contributed by atoms with Crippen LogP contribution in [0.5, 0.6) is 5.75 Å². The topological polar surface area (TPSA) is 64.4 Å². The summed E-state index contributed by atoms with van der Waals surface area (Å²) in [5, 5.41) is 0.487. The van der Waals surface area contributed by atoms with E-state index in [1.165, 1.54) is 6.07 Å². The van der Waals surface area contributed by atoms with E-state index in [2.05, 4.69) is 12.6 Å². The molecule has 192 valence electrons. The Kier molecular flexibility index (Phi) is 8.28. The fourth-order valence-corrected chi connectivity index (χ4v) is 4.63. The molecular formula is C29H30FN3O3S. The summed E-state index contributed by atoms with van der Waals surface area (Å²) in [6, 6.07) is 18.6. The third-order valence-corrected chi connectivity index (χ3v) is 6.49. The summed E-state index contributed by atoms with van der Waals surface area (Å²) >= 11 is 4.38. The van der Waals surface area contributed by atoms with Gasteiger partial charge in [0.05, 0.1) is 35.7 Å². The molecule has 0 radical (unpaired) electrons. The molecule has 6 nitrogen and oxygen atoms in total. The standard InChI is InChI=1S/C29H30FN3O3S/c1-4-36-23-12-10-22(11-13-23)33-28(31-26-8-6-5-7-24(26)29(33)35)20(3)32(15-16-37)27(34)18-21-9-14-25(30)19(2)17-21/h5-14,17,20,37H,4,15-16,18H2,1-3H3/t20-/m1/s1. The summed E-state index contributed by atoms with van der Waals surface area (Å²) in [5.74, 6) is 1.10. The molecule has 1 heterocycles. The van der Waals surface area contributed by atoms with Crippen LogP contribution < -0.4 is 10.3 Å². The lowest BCUT2D eigenvalue weighted by Crippen LogP contribution is -2.39. The van der Waals surface area contributed by atoms with Crippen LogP contribution in [0.2, 0.25) is 0 Å². The Labute approximate surface area is 221 Å². The van der Waals surface area contributed by atoms with E-state index >= 15 is 0 Å². The molecule has 37 heavy (non-hydrogen) atoms. The molecule has 4 rings (SSSR count). The van der Waals surface area contributed by atoms with Gasteiger partial charge in [-0.2, -0.15) is 12.6 Å². The van der Waals surface area contributed by atoms with Gasteiger partial charge in [-0.1, -0.05) is 24.3 Å². The monoisotopic (exact) mass is 519 g/mol. The lowest BCUT2D eigenvalue weighted by atomic mass is 10.1. The zero-order valence-corrected chi connectivity index (χ0v) is 22.0. The van der Waals surface area contributed by atoms with Gasteiger partial charge < -0.3 is 9.64 Å². The number of amides is 1. The zero-order valence-electron chi connectivity index (χ0n) is 21.1. The van der Waals surface area contributed by atoms with Crippen molar-refractivity contribution < 1.29 is 13.9 Å². The molecule has 0 fully saturated rings. The molecule has 0 unspecified atom stereocenters. The highest BCUT2D eigenvalue weighted by Gasteiger charge is 2.26. The second-order valence-corrected chi connectivity index (χ2v) is 9.25. The van der Waals surface area contributed by atoms with E-state index in [-0.39, 0.29) is 23.7 Å². The van der Waals surface area contributed by atoms with Crippen molar-refractivity contribution in [2.45, 2.75) is 33.2 Å². The SMILES string of the molecule is CCOc1ccc(-n2c([C@@H](C)N(CCS)C(=O)Cc3ccc(F)c(C)c3)nc3ccccc3c2=O)cc1. The van der Waals surface area contributed by atoms with E-state index in [1.54, 1.807) is 46.7 Å². The van der Waals surface area contributed by atoms with Gasteiger partial charge in [-0.05, 0) is 74.4 Å². The third-order valence-electron chi connectivity index (χ3n) is 6.29. The fraction of sp³-hybridized carbons (Fsp3) is 0.276. The van der Waals surface area contributed by atoms with Crippen molar-refractivity contribution >= 4 is 29.4 Å². The molecule has 1 amide bonds. The number of fused-ring (bicyclic) bond motifs is 1. The lowest BCUT2D eigenvalue weighted by molar-refractivity contribution is -0.132. The van der Waals surface area contributed by atoms with Gasteiger partial charge in [-0.15, -0.1) is 0 Å². The Morgan fingerprint density at radius 2 is 1.86 bits per heavy atom. The van der Waals surface area contributed by atoms with Crippen LogP contribution in [-0.2, 0) is 11.2 Å². The highest BCUT2D eigenvalue weighted by atomic mass is 32.1. The van der Waals surface area contributed by atoms with Crippen LogP contribution in [0.4, 0.5) is 4.39 Å². The number of rotatable bonds is 9. The maximum atomic E-state index is 13.8. The molecular weight excluding hydrogens is 489 g/mol. The first-order valence-electron chi connectivity index (χ1n) is 12.2. The summed E-state index contributed by atoms with van der Waals surface area (Å²) in [5.41, 5.74) is 2.17. The molecule has 1 atom stereocenters. The molecule has 0 saturated heterocycles. The van der Waals surface area contributed by atoms with E-state index in [1.807, 2.05) is 44.2 Å². The third kappa shape index (κ3) is 5.69. The number of ether oxygens (including phenoxy) is 1. The van der Waals surface area contributed by atoms with Crippen LogP contribution in [0.15, 0.2) is 71.5 Å². The number of aromatic nitrogens is 2. The molecule has 0 spiro atoms. The Bertz CT molecular complexity index is 1470. The maximum absolute atomic E-state index is 13.8. The van der Waals surface area contributed by atoms with Crippen molar-refractivity contribution in [3.8, 4) is 11.4 Å². The lowest BCUT2D eigenvalue weighted by Gasteiger charge is -2.30. The Morgan fingerprint density at radius 1 is 1.14 bits per heavy atom. The molecule has 8 heteroatoms. The van der Waals surface area contributed by atoms with Gasteiger partial charge in [0.25, 0.3) is 5.56 Å². The van der Waals surface area contributed by atoms with Crippen molar-refractivity contribution in [3.05, 3.63) is 99.9 Å². The van der Waals surface area contributed by atoms with Crippen molar-refractivity contribution in [3.63, 3.8) is 0 Å². The van der Waals surface area contributed by atoms with Crippen molar-refractivity contribution in [2.24, 2.45) is 0 Å². The van der Waals surface area contributed by atoms with Gasteiger partial charge >= 0.3 is 0 Å². The van der Waals surface area contributed by atoms with E-state index in [4.69, 9.17) is 9.72 Å². The molecule has 0 aliphatic rings. The first-order valence-corrected chi connectivity index (χ1v) is 12.9. The van der Waals surface area contributed by atoms with Gasteiger partial charge in [0.2, 0.25) is 5.91 Å². The van der Waals surface area contributed by atoms with Gasteiger partial charge in [0.15, 0.2) is 0 Å². The summed E-state index contributed by atoms with van der Waals surface area (Å²) in [6.07, 6.45) is 0.0973. The van der Waals surface area contributed by atoms with Crippen molar-refractivity contribution in [2.75, 3.05) is 18.9 Å². The summed E-state index contributed by atoms with van der Waals surface area (Å²) in [7, 11) is 0. The highest BCUT2D eigenvalue weighted by Crippen LogP contribution is 2.25. The Balaban J connectivity index is 1.79. The minimum atomic E-state index is -0.537. The number of nitrogens with zero attached hydrogens (tertiary/aromatic N) is 3. The normalized spacial score (nSPS) is 11.9. The highest BCUT2D eigenvalue weighted by molar-refractivity contribution is 7.80. The Hall–Kier alpha value is -3.65. The number of carbonyl (C=O) groups is 1. The maximum Gasteiger partial charge on any atom is 0.266 e.